The number of piperidine rings is 1. The van der Waals surface area contributed by atoms with Gasteiger partial charge in [0.25, 0.3) is 0 Å². The summed E-state index contributed by atoms with van der Waals surface area (Å²) in [6.45, 7) is 1.28. The van der Waals surface area contributed by atoms with Crippen molar-refractivity contribution in [2.75, 3.05) is 19.6 Å². The third-order valence-electron chi connectivity index (χ3n) is 3.87. The van der Waals surface area contributed by atoms with Crippen molar-refractivity contribution in [3.63, 3.8) is 0 Å². The third-order valence-corrected chi connectivity index (χ3v) is 3.87. The molecular weight excluding hydrogens is 250 g/mol. The van der Waals surface area contributed by atoms with Gasteiger partial charge in [0.1, 0.15) is 6.04 Å². The maximum Gasteiger partial charge on any atom is 0.320 e. The van der Waals surface area contributed by atoms with Crippen LogP contribution in [0.4, 0.5) is 4.79 Å². The number of carboxylic acid groups (broad SMARTS) is 1. The molecule has 2 fully saturated rings. The van der Waals surface area contributed by atoms with E-state index >= 15 is 0 Å². The molecule has 0 aromatic heterocycles. The fourth-order valence-electron chi connectivity index (χ4n) is 2.83. The highest BCUT2D eigenvalue weighted by atomic mass is 16.4. The summed E-state index contributed by atoms with van der Waals surface area (Å²) in [6, 6.07) is -0.801. The molecule has 2 aliphatic rings. The van der Waals surface area contributed by atoms with Crippen molar-refractivity contribution in [1.29, 1.82) is 0 Å². The van der Waals surface area contributed by atoms with Crippen LogP contribution in [0, 0.1) is 5.92 Å². The predicted octanol–water partition coefficient (Wildman–Crippen LogP) is -0.147. The van der Waals surface area contributed by atoms with Crippen LogP contribution in [0.3, 0.4) is 0 Å². The standard InChI is InChI=1S/C12H19N3O4/c13-10(16)9-4-2-6-15(9)12(19)14-5-1-3-8(7-14)11(17)18/h8-9H,1-7H2,(H2,13,16)(H,17,18). The Hall–Kier alpha value is -1.79. The van der Waals surface area contributed by atoms with Crippen LogP contribution in [0.2, 0.25) is 0 Å². The van der Waals surface area contributed by atoms with Gasteiger partial charge >= 0.3 is 12.0 Å². The minimum Gasteiger partial charge on any atom is -0.481 e. The van der Waals surface area contributed by atoms with Gasteiger partial charge in [-0.2, -0.15) is 0 Å². The molecule has 2 saturated heterocycles. The molecule has 0 aliphatic carbocycles. The van der Waals surface area contributed by atoms with Crippen LogP contribution in [0.15, 0.2) is 0 Å². The van der Waals surface area contributed by atoms with Gasteiger partial charge in [-0.25, -0.2) is 4.79 Å². The third kappa shape index (κ3) is 2.80. The van der Waals surface area contributed by atoms with Crippen LogP contribution >= 0.6 is 0 Å². The number of primary amides is 1. The van der Waals surface area contributed by atoms with Gasteiger partial charge in [-0.1, -0.05) is 0 Å². The van der Waals surface area contributed by atoms with Crippen molar-refractivity contribution >= 4 is 17.9 Å². The highest BCUT2D eigenvalue weighted by molar-refractivity contribution is 5.86. The number of nitrogens with two attached hydrogens (primary N) is 1. The lowest BCUT2D eigenvalue weighted by Crippen LogP contribution is -2.52. The van der Waals surface area contributed by atoms with Crippen LogP contribution in [-0.2, 0) is 9.59 Å². The molecular formula is C12H19N3O4. The summed E-state index contributed by atoms with van der Waals surface area (Å²) in [5.41, 5.74) is 5.29. The van der Waals surface area contributed by atoms with Crippen molar-refractivity contribution in [1.82, 2.24) is 9.80 Å². The first-order valence-electron chi connectivity index (χ1n) is 6.58. The van der Waals surface area contributed by atoms with Gasteiger partial charge < -0.3 is 20.6 Å². The molecule has 0 aromatic carbocycles. The van der Waals surface area contributed by atoms with E-state index in [0.29, 0.717) is 32.4 Å². The summed E-state index contributed by atoms with van der Waals surface area (Å²) in [6.07, 6.45) is 2.63. The minimum absolute atomic E-state index is 0.218. The molecule has 106 valence electrons. The average Bonchev–Trinajstić information content (AvgIpc) is 2.87. The van der Waals surface area contributed by atoms with Crippen molar-refractivity contribution < 1.29 is 19.5 Å². The summed E-state index contributed by atoms with van der Waals surface area (Å²) in [4.78, 5) is 37.6. The number of rotatable bonds is 2. The lowest BCUT2D eigenvalue weighted by molar-refractivity contribution is -0.143. The number of aliphatic carboxylic acids is 1. The smallest absolute Gasteiger partial charge is 0.320 e. The molecule has 0 aromatic rings. The molecule has 3 amide bonds. The van der Waals surface area contributed by atoms with Gasteiger partial charge in [0.2, 0.25) is 5.91 Å². The Balaban J connectivity index is 2.02. The van der Waals surface area contributed by atoms with Gasteiger partial charge in [0.05, 0.1) is 5.92 Å². The number of urea groups is 1. The van der Waals surface area contributed by atoms with Crippen LogP contribution in [0.25, 0.3) is 0 Å². The van der Waals surface area contributed by atoms with Gasteiger partial charge in [0.15, 0.2) is 0 Å². The highest BCUT2D eigenvalue weighted by Gasteiger charge is 2.37. The first kappa shape index (κ1) is 13.6. The predicted molar refractivity (Wildman–Crippen MR) is 66.3 cm³/mol. The molecule has 3 N–H and O–H groups in total. The Labute approximate surface area is 111 Å². The zero-order valence-electron chi connectivity index (χ0n) is 10.7. The van der Waals surface area contributed by atoms with Crippen LogP contribution in [0.5, 0.6) is 0 Å². The van der Waals surface area contributed by atoms with E-state index in [-0.39, 0.29) is 12.6 Å². The minimum atomic E-state index is -0.870. The maximum absolute atomic E-state index is 12.3. The molecule has 19 heavy (non-hydrogen) atoms. The molecule has 7 nitrogen and oxygen atoms in total. The molecule has 0 spiro atoms. The molecule has 2 heterocycles. The number of carbonyl (C=O) groups is 3. The number of carbonyl (C=O) groups excluding carboxylic acids is 2. The zero-order valence-corrected chi connectivity index (χ0v) is 10.7. The van der Waals surface area contributed by atoms with Gasteiger partial charge in [-0.05, 0) is 25.7 Å². The highest BCUT2D eigenvalue weighted by Crippen LogP contribution is 2.22. The Bertz CT molecular complexity index is 398. The lowest BCUT2D eigenvalue weighted by Gasteiger charge is -2.35. The van der Waals surface area contributed by atoms with Crippen LogP contribution in [0.1, 0.15) is 25.7 Å². The van der Waals surface area contributed by atoms with E-state index in [9.17, 15) is 14.4 Å². The number of hydrogen-bond donors (Lipinski definition) is 2. The van der Waals surface area contributed by atoms with Crippen molar-refractivity contribution in [3.05, 3.63) is 0 Å². The van der Waals surface area contributed by atoms with E-state index in [0.717, 1.165) is 6.42 Å². The summed E-state index contributed by atoms with van der Waals surface area (Å²) in [5, 5.41) is 9.02. The first-order valence-corrected chi connectivity index (χ1v) is 6.58. The largest absolute Gasteiger partial charge is 0.481 e. The number of hydrogen-bond acceptors (Lipinski definition) is 3. The average molecular weight is 269 g/mol. The normalized spacial score (nSPS) is 27.4. The number of amides is 3. The second-order valence-electron chi connectivity index (χ2n) is 5.16. The molecule has 7 heteroatoms. The SMILES string of the molecule is NC(=O)C1CCCN1C(=O)N1CCCC(C(=O)O)C1. The summed E-state index contributed by atoms with van der Waals surface area (Å²) < 4.78 is 0. The Morgan fingerprint density at radius 3 is 2.42 bits per heavy atom. The second kappa shape index (κ2) is 5.46. The van der Waals surface area contributed by atoms with Crippen molar-refractivity contribution in [2.24, 2.45) is 11.7 Å². The molecule has 2 unspecified atom stereocenters. The van der Waals surface area contributed by atoms with Crippen LogP contribution in [-0.4, -0.2) is 58.5 Å². The topological polar surface area (TPSA) is 104 Å². The monoisotopic (exact) mass is 269 g/mol. The van der Waals surface area contributed by atoms with Crippen molar-refractivity contribution in [2.45, 2.75) is 31.7 Å². The second-order valence-corrected chi connectivity index (χ2v) is 5.16. The van der Waals surface area contributed by atoms with E-state index in [2.05, 4.69) is 0 Å². The summed E-state index contributed by atoms with van der Waals surface area (Å²) in [7, 11) is 0. The summed E-state index contributed by atoms with van der Waals surface area (Å²) in [5.74, 6) is -1.87. The fourth-order valence-corrected chi connectivity index (χ4v) is 2.83. The van der Waals surface area contributed by atoms with Gasteiger partial charge in [0, 0.05) is 19.6 Å². The van der Waals surface area contributed by atoms with Crippen molar-refractivity contribution in [3.8, 4) is 0 Å². The number of nitrogens with zero attached hydrogens (tertiary/aromatic N) is 2. The molecule has 2 aliphatic heterocycles. The first-order chi connectivity index (χ1) is 9.00. The summed E-state index contributed by atoms with van der Waals surface area (Å²) >= 11 is 0. The number of likely N-dealkylation sites (tertiary alicyclic amines) is 2. The van der Waals surface area contributed by atoms with E-state index in [1.165, 1.54) is 9.80 Å². The lowest BCUT2D eigenvalue weighted by atomic mass is 9.98. The Kier molecular flexibility index (Phi) is 3.92. The quantitative estimate of drug-likeness (QED) is 0.727. The molecule has 2 rings (SSSR count). The molecule has 2 atom stereocenters. The van der Waals surface area contributed by atoms with Gasteiger partial charge in [-0.15, -0.1) is 0 Å². The Morgan fingerprint density at radius 1 is 1.11 bits per heavy atom. The molecule has 0 radical (unpaired) electrons. The Morgan fingerprint density at radius 2 is 1.79 bits per heavy atom. The number of carboxylic acids is 1. The van der Waals surface area contributed by atoms with E-state index < -0.39 is 23.8 Å². The van der Waals surface area contributed by atoms with E-state index in [1.54, 1.807) is 0 Å². The fraction of sp³-hybridized carbons (Fsp3) is 0.750. The van der Waals surface area contributed by atoms with E-state index in [4.69, 9.17) is 10.8 Å². The molecule has 0 bridgehead atoms. The maximum atomic E-state index is 12.3. The zero-order chi connectivity index (χ0) is 14.0. The van der Waals surface area contributed by atoms with Crippen LogP contribution < -0.4 is 5.73 Å². The van der Waals surface area contributed by atoms with Gasteiger partial charge in [-0.3, -0.25) is 9.59 Å². The van der Waals surface area contributed by atoms with E-state index in [1.807, 2.05) is 0 Å². The molecule has 0 saturated carbocycles.